The van der Waals surface area contributed by atoms with E-state index < -0.39 is 18.8 Å². The summed E-state index contributed by atoms with van der Waals surface area (Å²) in [6.45, 7) is 6.82. The maximum absolute atomic E-state index is 13.8. The third kappa shape index (κ3) is 2.45. The molecule has 104 valence electrons. The fourth-order valence-corrected chi connectivity index (χ4v) is 2.84. The largest absolute Gasteiger partial charge is 0.399 e. The quantitative estimate of drug-likeness (QED) is 0.629. The van der Waals surface area contributed by atoms with E-state index in [9.17, 15) is 13.3 Å². The van der Waals surface area contributed by atoms with Crippen LogP contribution in [0, 0.1) is 6.57 Å². The Balaban J connectivity index is 2.75. The second-order valence-corrected chi connectivity index (χ2v) is 6.40. The fraction of sp³-hybridized carbons (Fsp3) is 0.0909. The van der Waals surface area contributed by atoms with E-state index in [0.29, 0.717) is 5.39 Å². The first-order valence-corrected chi connectivity index (χ1v) is 7.49. The molecule has 5 nitrogen and oxygen atoms in total. The number of pyridine rings is 1. The number of fused-ring (bicyclic) bond motifs is 1. The van der Waals surface area contributed by atoms with Gasteiger partial charge < -0.3 is 14.6 Å². The standard InChI is InChI=1S/C11H6BrF2N2O3P/c1-15-10-3-2-6-4-8(12)7(5-9(6)16-10)11(13,14)20(17,18)19/h2-5H,(H2,17,18,19). The third-order valence-electron chi connectivity index (χ3n) is 2.57. The fourth-order valence-electron chi connectivity index (χ4n) is 1.58. The lowest BCUT2D eigenvalue weighted by Gasteiger charge is -2.19. The summed E-state index contributed by atoms with van der Waals surface area (Å²) in [5, 5.41) is 0.467. The lowest BCUT2D eigenvalue weighted by atomic mass is 10.1. The van der Waals surface area contributed by atoms with Gasteiger partial charge in [-0.15, -0.1) is 4.98 Å². The van der Waals surface area contributed by atoms with E-state index >= 15 is 0 Å². The van der Waals surface area contributed by atoms with Crippen LogP contribution in [0.15, 0.2) is 28.7 Å². The smallest absolute Gasteiger partial charge is 0.361 e. The van der Waals surface area contributed by atoms with Crippen LogP contribution in [0.4, 0.5) is 14.6 Å². The van der Waals surface area contributed by atoms with Gasteiger partial charge in [-0.1, -0.05) is 28.6 Å². The Hall–Kier alpha value is -1.39. The predicted octanol–water partition coefficient (Wildman–Crippen LogP) is 3.78. The number of hydrogen-bond acceptors (Lipinski definition) is 2. The zero-order chi connectivity index (χ0) is 15.1. The van der Waals surface area contributed by atoms with E-state index in [-0.39, 0.29) is 15.8 Å². The highest BCUT2D eigenvalue weighted by Gasteiger charge is 2.51. The second-order valence-electron chi connectivity index (χ2n) is 3.89. The van der Waals surface area contributed by atoms with Crippen LogP contribution in [0.5, 0.6) is 0 Å². The molecule has 0 aliphatic rings. The molecule has 0 bridgehead atoms. The molecule has 1 aromatic carbocycles. The molecule has 0 atom stereocenters. The van der Waals surface area contributed by atoms with E-state index in [1.165, 1.54) is 18.2 Å². The number of rotatable bonds is 2. The van der Waals surface area contributed by atoms with E-state index in [1.807, 2.05) is 0 Å². The molecule has 0 saturated carbocycles. The van der Waals surface area contributed by atoms with Crippen molar-refractivity contribution in [2.24, 2.45) is 0 Å². The molecule has 1 heterocycles. The maximum atomic E-state index is 13.8. The Morgan fingerprint density at radius 1 is 1.35 bits per heavy atom. The van der Waals surface area contributed by atoms with Crippen LogP contribution in [-0.4, -0.2) is 14.8 Å². The summed E-state index contributed by atoms with van der Waals surface area (Å²) in [7, 11) is -5.67. The van der Waals surface area contributed by atoms with Crippen molar-refractivity contribution in [2.45, 2.75) is 5.66 Å². The Morgan fingerprint density at radius 3 is 2.55 bits per heavy atom. The summed E-state index contributed by atoms with van der Waals surface area (Å²) in [4.78, 5) is 24.4. The summed E-state index contributed by atoms with van der Waals surface area (Å²) >= 11 is 2.87. The molecule has 2 rings (SSSR count). The lowest BCUT2D eigenvalue weighted by Crippen LogP contribution is -2.14. The van der Waals surface area contributed by atoms with Crippen molar-refractivity contribution in [3.05, 3.63) is 45.7 Å². The Morgan fingerprint density at radius 2 is 2.00 bits per heavy atom. The second kappa shape index (κ2) is 4.86. The van der Waals surface area contributed by atoms with Crippen molar-refractivity contribution in [1.29, 1.82) is 0 Å². The van der Waals surface area contributed by atoms with Crippen LogP contribution < -0.4 is 0 Å². The number of nitrogens with zero attached hydrogens (tertiary/aromatic N) is 2. The molecule has 1 aromatic heterocycles. The molecule has 0 unspecified atom stereocenters. The Kier molecular flexibility index (Phi) is 3.65. The topological polar surface area (TPSA) is 74.8 Å². The highest BCUT2D eigenvalue weighted by molar-refractivity contribution is 9.10. The molecule has 0 saturated heterocycles. The van der Waals surface area contributed by atoms with Crippen molar-refractivity contribution in [3.63, 3.8) is 0 Å². The number of benzene rings is 1. The summed E-state index contributed by atoms with van der Waals surface area (Å²) < 4.78 is 38.3. The van der Waals surface area contributed by atoms with Gasteiger partial charge in [0.15, 0.2) is 5.52 Å². The molecule has 0 amide bonds. The minimum Gasteiger partial charge on any atom is -0.361 e. The summed E-state index contributed by atoms with van der Waals surface area (Å²) in [5.41, 5.74) is -5.15. The third-order valence-corrected chi connectivity index (χ3v) is 4.20. The minimum atomic E-state index is -5.67. The molecule has 2 aromatic rings. The Bertz CT molecular complexity index is 785. The average molecular weight is 363 g/mol. The first-order chi connectivity index (χ1) is 9.16. The SMILES string of the molecule is [C-]#[N+]c1ccc2cc(Br)c(C(F)(F)P(=O)(O)O)cc2n1. The van der Waals surface area contributed by atoms with E-state index in [1.54, 1.807) is 0 Å². The van der Waals surface area contributed by atoms with Gasteiger partial charge in [0.05, 0.1) is 5.56 Å². The van der Waals surface area contributed by atoms with Crippen molar-refractivity contribution in [1.82, 2.24) is 4.98 Å². The summed E-state index contributed by atoms with van der Waals surface area (Å²) in [6, 6.07) is 5.07. The van der Waals surface area contributed by atoms with Crippen molar-refractivity contribution in [2.75, 3.05) is 0 Å². The van der Waals surface area contributed by atoms with E-state index in [2.05, 4.69) is 25.8 Å². The zero-order valence-electron chi connectivity index (χ0n) is 9.59. The maximum Gasteiger partial charge on any atom is 0.399 e. The van der Waals surface area contributed by atoms with Gasteiger partial charge in [-0.3, -0.25) is 4.57 Å². The van der Waals surface area contributed by atoms with Gasteiger partial charge in [0, 0.05) is 9.86 Å². The van der Waals surface area contributed by atoms with Gasteiger partial charge in [-0.25, -0.2) is 0 Å². The number of alkyl halides is 2. The van der Waals surface area contributed by atoms with Crippen LogP contribution in [0.1, 0.15) is 5.56 Å². The lowest BCUT2D eigenvalue weighted by molar-refractivity contribution is 0.0558. The van der Waals surface area contributed by atoms with Crippen molar-refractivity contribution in [3.8, 4) is 0 Å². The number of halogens is 3. The van der Waals surface area contributed by atoms with E-state index in [0.717, 1.165) is 6.07 Å². The molecular weight excluding hydrogens is 357 g/mol. The van der Waals surface area contributed by atoms with Crippen LogP contribution >= 0.6 is 23.5 Å². The molecule has 20 heavy (non-hydrogen) atoms. The van der Waals surface area contributed by atoms with Gasteiger partial charge in [0.1, 0.15) is 0 Å². The van der Waals surface area contributed by atoms with Crippen LogP contribution in [0.25, 0.3) is 15.7 Å². The molecular formula is C11H6BrF2N2O3P. The van der Waals surface area contributed by atoms with Crippen LogP contribution in [0.2, 0.25) is 0 Å². The zero-order valence-corrected chi connectivity index (χ0v) is 12.1. The van der Waals surface area contributed by atoms with Gasteiger partial charge in [0.2, 0.25) is 0 Å². The molecule has 0 fully saturated rings. The highest BCUT2D eigenvalue weighted by atomic mass is 79.9. The monoisotopic (exact) mass is 362 g/mol. The van der Waals surface area contributed by atoms with Crippen molar-refractivity contribution >= 4 is 40.2 Å². The average Bonchev–Trinajstić information content (AvgIpc) is 2.35. The van der Waals surface area contributed by atoms with Crippen molar-refractivity contribution < 1.29 is 23.1 Å². The van der Waals surface area contributed by atoms with Gasteiger partial charge in [-0.2, -0.15) is 8.78 Å². The molecule has 0 aliphatic carbocycles. The first kappa shape index (κ1) is 15.0. The van der Waals surface area contributed by atoms with Gasteiger partial charge in [-0.05, 0) is 18.2 Å². The predicted molar refractivity (Wildman–Crippen MR) is 71.6 cm³/mol. The normalized spacial score (nSPS) is 12.4. The van der Waals surface area contributed by atoms with E-state index in [4.69, 9.17) is 16.4 Å². The summed E-state index contributed by atoms with van der Waals surface area (Å²) in [5.74, 6) is 0.00488. The molecule has 0 aliphatic heterocycles. The number of hydrogen-bond donors (Lipinski definition) is 2. The Labute approximate surface area is 120 Å². The van der Waals surface area contributed by atoms with Gasteiger partial charge in [0.25, 0.3) is 5.82 Å². The minimum absolute atomic E-state index is 0.00488. The molecule has 2 N–H and O–H groups in total. The highest BCUT2D eigenvalue weighted by Crippen LogP contribution is 2.60. The van der Waals surface area contributed by atoms with Gasteiger partial charge >= 0.3 is 13.3 Å². The van der Waals surface area contributed by atoms with Crippen LogP contribution in [-0.2, 0) is 10.2 Å². The first-order valence-electron chi connectivity index (χ1n) is 5.08. The molecule has 0 spiro atoms. The summed E-state index contributed by atoms with van der Waals surface area (Å²) in [6.07, 6.45) is 0. The van der Waals surface area contributed by atoms with Crippen LogP contribution in [0.3, 0.4) is 0 Å². The number of aromatic nitrogens is 1. The molecule has 9 heteroatoms. The molecule has 0 radical (unpaired) electrons.